The van der Waals surface area contributed by atoms with Crippen LogP contribution in [-0.2, 0) is 4.74 Å². The Balaban J connectivity index is 2.03. The number of ether oxygens (including phenoxy) is 1. The van der Waals surface area contributed by atoms with E-state index in [4.69, 9.17) is 9.15 Å². The van der Waals surface area contributed by atoms with Crippen LogP contribution in [0.1, 0.15) is 40.7 Å². The molecule has 1 fully saturated rings. The fourth-order valence-electron chi connectivity index (χ4n) is 3.06. The molecule has 0 radical (unpaired) electrons. The molecule has 1 aromatic heterocycles. The lowest BCUT2D eigenvalue weighted by molar-refractivity contribution is 0.0600. The van der Waals surface area contributed by atoms with E-state index in [9.17, 15) is 9.59 Å². The Labute approximate surface area is 141 Å². The second kappa shape index (κ2) is 6.91. The number of methoxy groups -OCH3 is 1. The van der Waals surface area contributed by atoms with Crippen LogP contribution in [0.25, 0.3) is 11.3 Å². The van der Waals surface area contributed by atoms with Crippen LogP contribution in [-0.4, -0.2) is 32.5 Å². The summed E-state index contributed by atoms with van der Waals surface area (Å²) in [5.74, 6) is 1.18. The number of nitrogens with zero attached hydrogens (tertiary/aromatic N) is 1. The summed E-state index contributed by atoms with van der Waals surface area (Å²) in [6.45, 7) is 4.20. The van der Waals surface area contributed by atoms with Crippen molar-refractivity contribution in [3.63, 3.8) is 0 Å². The number of aldehydes is 1. The number of furan rings is 1. The first-order valence-corrected chi connectivity index (χ1v) is 8.15. The van der Waals surface area contributed by atoms with E-state index in [-0.39, 0.29) is 5.76 Å². The standard InChI is InChI=1S/C19H21NO4/c1-13-7-9-20(10-8-13)17-5-3-14(19(22)23-2)11-16(17)18-6-4-15(12-21)24-18/h3-6,11-13H,7-10H2,1-2H3. The van der Waals surface area contributed by atoms with Crippen LogP contribution < -0.4 is 4.90 Å². The predicted octanol–water partition coefficient (Wildman–Crippen LogP) is 3.78. The van der Waals surface area contributed by atoms with Crippen LogP contribution in [0.2, 0.25) is 0 Å². The largest absolute Gasteiger partial charge is 0.465 e. The molecule has 0 atom stereocenters. The zero-order valence-electron chi connectivity index (χ0n) is 14.0. The lowest BCUT2D eigenvalue weighted by atomic mass is 9.97. The Bertz CT molecular complexity index is 742. The van der Waals surface area contributed by atoms with Gasteiger partial charge in [-0.1, -0.05) is 6.92 Å². The Morgan fingerprint density at radius 1 is 1.25 bits per heavy atom. The van der Waals surface area contributed by atoms with Gasteiger partial charge in [0.2, 0.25) is 0 Å². The summed E-state index contributed by atoms with van der Waals surface area (Å²) in [5.41, 5.74) is 2.28. The third kappa shape index (κ3) is 3.20. The molecule has 0 saturated carbocycles. The summed E-state index contributed by atoms with van der Waals surface area (Å²) >= 11 is 0. The molecule has 0 bridgehead atoms. The monoisotopic (exact) mass is 327 g/mol. The van der Waals surface area contributed by atoms with E-state index in [2.05, 4.69) is 11.8 Å². The smallest absolute Gasteiger partial charge is 0.337 e. The summed E-state index contributed by atoms with van der Waals surface area (Å²) in [4.78, 5) is 25.1. The van der Waals surface area contributed by atoms with Crippen LogP contribution in [0, 0.1) is 5.92 Å². The molecule has 0 N–H and O–H groups in total. The number of hydrogen-bond donors (Lipinski definition) is 0. The summed E-state index contributed by atoms with van der Waals surface area (Å²) in [7, 11) is 1.36. The highest BCUT2D eigenvalue weighted by Gasteiger charge is 2.21. The van der Waals surface area contributed by atoms with Gasteiger partial charge >= 0.3 is 5.97 Å². The lowest BCUT2D eigenvalue weighted by Crippen LogP contribution is -2.33. The molecule has 0 unspecified atom stereocenters. The van der Waals surface area contributed by atoms with E-state index >= 15 is 0 Å². The van der Waals surface area contributed by atoms with E-state index in [1.807, 2.05) is 6.07 Å². The number of benzene rings is 1. The van der Waals surface area contributed by atoms with Crippen molar-refractivity contribution < 1.29 is 18.7 Å². The van der Waals surface area contributed by atoms with Gasteiger partial charge in [-0.25, -0.2) is 4.79 Å². The fraction of sp³-hybridized carbons (Fsp3) is 0.368. The number of anilines is 1. The highest BCUT2D eigenvalue weighted by molar-refractivity contribution is 5.93. The SMILES string of the molecule is COC(=O)c1ccc(N2CCC(C)CC2)c(-c2ccc(C=O)o2)c1. The number of esters is 1. The number of carbonyl (C=O) groups excluding carboxylic acids is 2. The molecule has 1 saturated heterocycles. The minimum absolute atomic E-state index is 0.270. The quantitative estimate of drug-likeness (QED) is 0.632. The van der Waals surface area contributed by atoms with Gasteiger partial charge < -0.3 is 14.1 Å². The van der Waals surface area contributed by atoms with Crippen molar-refractivity contribution in [2.45, 2.75) is 19.8 Å². The Morgan fingerprint density at radius 3 is 2.62 bits per heavy atom. The molecule has 1 aliphatic heterocycles. The maximum absolute atomic E-state index is 11.9. The molecule has 5 nitrogen and oxygen atoms in total. The second-order valence-corrected chi connectivity index (χ2v) is 6.21. The van der Waals surface area contributed by atoms with Crippen molar-refractivity contribution in [1.82, 2.24) is 0 Å². The zero-order chi connectivity index (χ0) is 17.1. The molecule has 0 amide bonds. The first kappa shape index (κ1) is 16.3. The van der Waals surface area contributed by atoms with Gasteiger partial charge in [-0.05, 0) is 49.1 Å². The topological polar surface area (TPSA) is 59.8 Å². The molecule has 0 spiro atoms. The number of hydrogen-bond acceptors (Lipinski definition) is 5. The van der Waals surface area contributed by atoms with Gasteiger partial charge in [0.1, 0.15) is 5.76 Å². The molecule has 126 valence electrons. The van der Waals surface area contributed by atoms with Crippen molar-refractivity contribution in [3.8, 4) is 11.3 Å². The first-order chi connectivity index (χ1) is 11.6. The van der Waals surface area contributed by atoms with Crippen molar-refractivity contribution in [2.24, 2.45) is 5.92 Å². The van der Waals surface area contributed by atoms with Crippen LogP contribution in [0.4, 0.5) is 5.69 Å². The van der Waals surface area contributed by atoms with Crippen LogP contribution in [0.5, 0.6) is 0 Å². The number of carbonyl (C=O) groups is 2. The van der Waals surface area contributed by atoms with Crippen LogP contribution in [0.15, 0.2) is 34.7 Å². The molecular weight excluding hydrogens is 306 g/mol. The molecule has 5 heteroatoms. The lowest BCUT2D eigenvalue weighted by Gasteiger charge is -2.33. The molecule has 0 aliphatic carbocycles. The van der Waals surface area contributed by atoms with E-state index in [1.54, 1.807) is 24.3 Å². The third-order valence-electron chi connectivity index (χ3n) is 4.55. The van der Waals surface area contributed by atoms with Crippen LogP contribution >= 0.6 is 0 Å². The average molecular weight is 327 g/mol. The van der Waals surface area contributed by atoms with Crippen LogP contribution in [0.3, 0.4) is 0 Å². The summed E-state index contributed by atoms with van der Waals surface area (Å²) in [6.07, 6.45) is 2.95. The Hall–Kier alpha value is -2.56. The van der Waals surface area contributed by atoms with E-state index in [1.165, 1.54) is 7.11 Å². The molecular formula is C19H21NO4. The summed E-state index contributed by atoms with van der Waals surface area (Å²) in [6, 6.07) is 8.87. The Kier molecular flexibility index (Phi) is 4.69. The summed E-state index contributed by atoms with van der Waals surface area (Å²) < 4.78 is 10.4. The zero-order valence-corrected chi connectivity index (χ0v) is 14.0. The highest BCUT2D eigenvalue weighted by Crippen LogP contribution is 2.35. The molecule has 2 heterocycles. The van der Waals surface area contributed by atoms with E-state index < -0.39 is 5.97 Å². The molecule has 3 rings (SSSR count). The van der Waals surface area contributed by atoms with Crippen molar-refractivity contribution >= 4 is 17.9 Å². The molecule has 2 aromatic rings. The van der Waals surface area contributed by atoms with Gasteiger partial charge in [0.25, 0.3) is 0 Å². The van der Waals surface area contributed by atoms with Gasteiger partial charge in [0.15, 0.2) is 12.0 Å². The van der Waals surface area contributed by atoms with Gasteiger partial charge in [0, 0.05) is 24.3 Å². The fourth-order valence-corrected chi connectivity index (χ4v) is 3.06. The maximum atomic E-state index is 11.9. The summed E-state index contributed by atoms with van der Waals surface area (Å²) in [5, 5.41) is 0. The van der Waals surface area contributed by atoms with Gasteiger partial charge in [-0.2, -0.15) is 0 Å². The minimum atomic E-state index is -0.391. The van der Waals surface area contributed by atoms with Gasteiger partial charge in [-0.3, -0.25) is 4.79 Å². The molecule has 24 heavy (non-hydrogen) atoms. The average Bonchev–Trinajstić information content (AvgIpc) is 3.10. The van der Waals surface area contributed by atoms with Gasteiger partial charge in [0.05, 0.1) is 12.7 Å². The Morgan fingerprint density at radius 2 is 2.00 bits per heavy atom. The van der Waals surface area contributed by atoms with E-state index in [0.717, 1.165) is 43.1 Å². The van der Waals surface area contributed by atoms with Gasteiger partial charge in [-0.15, -0.1) is 0 Å². The highest BCUT2D eigenvalue weighted by atomic mass is 16.5. The molecule has 1 aromatic carbocycles. The van der Waals surface area contributed by atoms with Crippen molar-refractivity contribution in [2.75, 3.05) is 25.1 Å². The first-order valence-electron chi connectivity index (χ1n) is 8.15. The molecule has 1 aliphatic rings. The van der Waals surface area contributed by atoms with Crippen molar-refractivity contribution in [3.05, 3.63) is 41.7 Å². The number of rotatable bonds is 4. The predicted molar refractivity (Wildman–Crippen MR) is 91.5 cm³/mol. The number of piperidine rings is 1. The minimum Gasteiger partial charge on any atom is -0.465 e. The third-order valence-corrected chi connectivity index (χ3v) is 4.55. The normalized spacial score (nSPS) is 15.3. The maximum Gasteiger partial charge on any atom is 0.337 e. The van der Waals surface area contributed by atoms with Crippen molar-refractivity contribution in [1.29, 1.82) is 0 Å². The second-order valence-electron chi connectivity index (χ2n) is 6.21. The van der Waals surface area contributed by atoms with E-state index in [0.29, 0.717) is 17.6 Å².